The SMILES string of the molecule is [2H]C1([2H])C([2H])([2H])C1([2H])CBr. The van der Waals surface area contributed by atoms with Crippen LogP contribution in [0.15, 0.2) is 0 Å². The summed E-state index contributed by atoms with van der Waals surface area (Å²) in [6.45, 7) is 0. The highest BCUT2D eigenvalue weighted by Crippen LogP contribution is 2.29. The number of hydrogen-bond acceptors (Lipinski definition) is 0. The lowest BCUT2D eigenvalue weighted by atomic mass is 10.5. The molecular weight excluding hydrogens is 128 g/mol. The van der Waals surface area contributed by atoms with Gasteiger partial charge in [-0.3, -0.25) is 0 Å². The van der Waals surface area contributed by atoms with Crippen LogP contribution in [0.3, 0.4) is 0 Å². The van der Waals surface area contributed by atoms with Gasteiger partial charge >= 0.3 is 0 Å². The zero-order valence-electron chi connectivity index (χ0n) is 7.59. The van der Waals surface area contributed by atoms with Gasteiger partial charge in [-0.05, 0) is 18.6 Å². The Kier molecular flexibility index (Phi) is 0.259. The third kappa shape index (κ3) is 0.918. The fourth-order valence-electron chi connectivity index (χ4n) is 0.111. The average molecular weight is 140 g/mol. The second-order valence-corrected chi connectivity index (χ2v) is 1.42. The summed E-state index contributed by atoms with van der Waals surface area (Å²) in [7, 11) is 0. The second kappa shape index (κ2) is 1.29. The molecule has 0 atom stereocenters. The maximum Gasteiger partial charge on any atom is 0.0311 e. The van der Waals surface area contributed by atoms with E-state index >= 15 is 0 Å². The number of rotatable bonds is 1. The Labute approximate surface area is 47.7 Å². The molecule has 1 rings (SSSR count). The largest absolute Gasteiger partial charge is 0.0925 e. The molecule has 0 aliphatic heterocycles. The Bertz CT molecular complexity index is 151. The first-order valence-corrected chi connectivity index (χ1v) is 2.49. The molecule has 0 aromatic carbocycles. The molecule has 5 heavy (non-hydrogen) atoms. The first-order chi connectivity index (χ1) is 4.31. The van der Waals surface area contributed by atoms with Crippen molar-refractivity contribution in [2.24, 2.45) is 5.89 Å². The van der Waals surface area contributed by atoms with Crippen LogP contribution in [0.2, 0.25) is 0 Å². The van der Waals surface area contributed by atoms with Crippen molar-refractivity contribution in [2.45, 2.75) is 12.7 Å². The quantitative estimate of drug-likeness (QED) is 0.487. The Morgan fingerprint density at radius 1 is 2.20 bits per heavy atom. The van der Waals surface area contributed by atoms with E-state index in [9.17, 15) is 0 Å². The maximum absolute atomic E-state index is 7.30. The summed E-state index contributed by atoms with van der Waals surface area (Å²) in [5.74, 6) is -1.58. The lowest BCUT2D eigenvalue weighted by Gasteiger charge is -1.70. The molecule has 0 N–H and O–H groups in total. The molecule has 1 heteroatoms. The van der Waals surface area contributed by atoms with Crippen molar-refractivity contribution in [1.82, 2.24) is 0 Å². The molecule has 0 amide bonds. The summed E-state index contributed by atoms with van der Waals surface area (Å²) < 4.78 is 35.6. The highest BCUT2D eigenvalue weighted by Gasteiger charge is 2.18. The third-order valence-electron chi connectivity index (χ3n) is 0.435. The normalized spacial score (nSPS) is 64.6. The van der Waals surface area contributed by atoms with Gasteiger partial charge in [-0.25, -0.2) is 0 Å². The third-order valence-corrected chi connectivity index (χ3v) is 0.996. The molecule has 0 spiro atoms. The van der Waals surface area contributed by atoms with Crippen LogP contribution in [0, 0.1) is 5.89 Å². The predicted molar refractivity (Wildman–Crippen MR) is 26.5 cm³/mol. The van der Waals surface area contributed by atoms with Gasteiger partial charge in [0.25, 0.3) is 0 Å². The van der Waals surface area contributed by atoms with Crippen LogP contribution in [0.25, 0.3) is 0 Å². The summed E-state index contributed by atoms with van der Waals surface area (Å²) in [4.78, 5) is 0. The molecule has 0 radical (unpaired) electrons. The predicted octanol–water partition coefficient (Wildman–Crippen LogP) is 1.79. The van der Waals surface area contributed by atoms with E-state index in [2.05, 4.69) is 15.9 Å². The van der Waals surface area contributed by atoms with Crippen LogP contribution in [0.4, 0.5) is 0 Å². The fraction of sp³-hybridized carbons (Fsp3) is 1.00. The Hall–Kier alpha value is 0.480. The summed E-state index contributed by atoms with van der Waals surface area (Å²) >= 11 is 2.92. The van der Waals surface area contributed by atoms with E-state index in [0.29, 0.717) is 0 Å². The van der Waals surface area contributed by atoms with Crippen LogP contribution < -0.4 is 0 Å². The average Bonchev–Trinajstić information content (AvgIpc) is 2.11. The van der Waals surface area contributed by atoms with Crippen molar-refractivity contribution in [3.63, 3.8) is 0 Å². The van der Waals surface area contributed by atoms with Crippen LogP contribution in [-0.4, -0.2) is 5.33 Å². The van der Waals surface area contributed by atoms with Crippen molar-refractivity contribution in [2.75, 3.05) is 5.33 Å². The molecule has 0 nitrogen and oxygen atoms in total. The summed E-state index contributed by atoms with van der Waals surface area (Å²) in [6, 6.07) is 0. The van der Waals surface area contributed by atoms with Gasteiger partial charge in [0.05, 0.1) is 0 Å². The standard InChI is InChI=1S/C4H7Br/c5-3-4-1-2-4/h4H,1-3H2/i1D2,2D2,4D. The molecule has 0 heterocycles. The summed E-state index contributed by atoms with van der Waals surface area (Å²) in [5, 5.41) is 0.0417. The topological polar surface area (TPSA) is 0 Å². The van der Waals surface area contributed by atoms with Gasteiger partial charge in [-0.1, -0.05) is 15.9 Å². The zero-order valence-corrected chi connectivity index (χ0v) is 4.17. The first kappa shape index (κ1) is 1.00. The zero-order chi connectivity index (χ0) is 8.21. The van der Waals surface area contributed by atoms with Gasteiger partial charge in [-0.2, -0.15) is 0 Å². The van der Waals surface area contributed by atoms with E-state index in [1.165, 1.54) is 0 Å². The minimum absolute atomic E-state index is 0.0417. The van der Waals surface area contributed by atoms with Crippen LogP contribution in [0.5, 0.6) is 0 Å². The lowest BCUT2D eigenvalue weighted by molar-refractivity contribution is 1.01. The molecule has 1 saturated carbocycles. The first-order valence-electron chi connectivity index (χ1n) is 3.87. The number of hydrogen-bond donors (Lipinski definition) is 0. The van der Waals surface area contributed by atoms with Crippen molar-refractivity contribution >= 4 is 15.9 Å². The van der Waals surface area contributed by atoms with Crippen LogP contribution >= 0.6 is 15.9 Å². The van der Waals surface area contributed by atoms with E-state index in [-0.39, 0.29) is 5.33 Å². The van der Waals surface area contributed by atoms with Gasteiger partial charge in [0, 0.05) is 12.2 Å². The van der Waals surface area contributed by atoms with Crippen molar-refractivity contribution in [3.05, 3.63) is 0 Å². The van der Waals surface area contributed by atoms with Crippen molar-refractivity contribution in [1.29, 1.82) is 0 Å². The number of alkyl halides is 1. The monoisotopic (exact) mass is 139 g/mol. The van der Waals surface area contributed by atoms with Gasteiger partial charge < -0.3 is 0 Å². The number of halogens is 1. The van der Waals surface area contributed by atoms with Crippen molar-refractivity contribution < 1.29 is 6.85 Å². The summed E-state index contributed by atoms with van der Waals surface area (Å²) in [5.41, 5.74) is 0. The highest BCUT2D eigenvalue weighted by atomic mass is 79.9. The fourth-order valence-corrected chi connectivity index (χ4v) is 0.391. The lowest BCUT2D eigenvalue weighted by Crippen LogP contribution is -1.66. The highest BCUT2D eigenvalue weighted by molar-refractivity contribution is 9.09. The Balaban J connectivity index is 2.90. The minimum Gasteiger partial charge on any atom is -0.0925 e. The molecular formula is C4H7Br. The molecule has 1 fully saturated rings. The minimum atomic E-state index is -2.00. The van der Waals surface area contributed by atoms with Gasteiger partial charge in [0.15, 0.2) is 0 Å². The van der Waals surface area contributed by atoms with Crippen LogP contribution in [0.1, 0.15) is 19.6 Å². The van der Waals surface area contributed by atoms with E-state index in [4.69, 9.17) is 6.85 Å². The van der Waals surface area contributed by atoms with Crippen LogP contribution in [-0.2, 0) is 0 Å². The second-order valence-electron chi connectivity index (χ2n) is 0.862. The summed E-state index contributed by atoms with van der Waals surface area (Å²) in [6.07, 6.45) is -3.99. The van der Waals surface area contributed by atoms with Gasteiger partial charge in [0.2, 0.25) is 0 Å². The van der Waals surface area contributed by atoms with Crippen molar-refractivity contribution in [3.8, 4) is 0 Å². The van der Waals surface area contributed by atoms with E-state index in [1.807, 2.05) is 0 Å². The molecule has 0 aromatic heterocycles. The molecule has 30 valence electrons. The molecule has 0 aromatic rings. The van der Waals surface area contributed by atoms with E-state index in [1.54, 1.807) is 0 Å². The molecule has 0 bridgehead atoms. The van der Waals surface area contributed by atoms with Gasteiger partial charge in [0.1, 0.15) is 0 Å². The molecule has 0 unspecified atom stereocenters. The van der Waals surface area contributed by atoms with E-state index in [0.717, 1.165) is 0 Å². The maximum atomic E-state index is 7.30. The smallest absolute Gasteiger partial charge is 0.0311 e. The van der Waals surface area contributed by atoms with Gasteiger partial charge in [-0.15, -0.1) is 0 Å². The molecule has 0 saturated heterocycles. The van der Waals surface area contributed by atoms with E-state index < -0.39 is 18.6 Å². The Morgan fingerprint density at radius 2 is 2.80 bits per heavy atom. The Morgan fingerprint density at radius 3 is 2.80 bits per heavy atom. The molecule has 1 aliphatic rings. The molecule has 1 aliphatic carbocycles.